The van der Waals surface area contributed by atoms with Crippen molar-refractivity contribution >= 4 is 10.0 Å². The molecule has 1 N–H and O–H groups in total. The fourth-order valence-corrected chi connectivity index (χ4v) is 3.31. The predicted molar refractivity (Wildman–Crippen MR) is 79.8 cm³/mol. The standard InChI is InChI=1S/C15H25NO2S/c1-5-7-13(4)16-19(17,18)15-10-8-14(9-11-15)12(3)6-2/h8-13,16H,5-7H2,1-4H3. The number of nitrogens with one attached hydrogen (secondary N) is 1. The molecule has 0 aromatic heterocycles. The van der Waals surface area contributed by atoms with Crippen LogP contribution in [0.2, 0.25) is 0 Å². The Hall–Kier alpha value is -0.870. The van der Waals surface area contributed by atoms with Crippen LogP contribution in [0.4, 0.5) is 0 Å². The molecule has 0 radical (unpaired) electrons. The third kappa shape index (κ3) is 4.62. The summed E-state index contributed by atoms with van der Waals surface area (Å²) in [6.45, 7) is 8.22. The zero-order valence-corrected chi connectivity index (χ0v) is 13.1. The van der Waals surface area contributed by atoms with Crippen molar-refractivity contribution in [3.05, 3.63) is 29.8 Å². The Bertz CT molecular complexity index is 479. The third-order valence-corrected chi connectivity index (χ3v) is 5.06. The van der Waals surface area contributed by atoms with E-state index in [1.54, 1.807) is 12.1 Å². The lowest BCUT2D eigenvalue weighted by Gasteiger charge is -2.14. The maximum atomic E-state index is 12.2. The summed E-state index contributed by atoms with van der Waals surface area (Å²) in [6.07, 6.45) is 2.87. The molecule has 1 aromatic rings. The lowest BCUT2D eigenvalue weighted by molar-refractivity contribution is 0.544. The molecule has 0 bridgehead atoms. The molecule has 0 fully saturated rings. The minimum atomic E-state index is -3.38. The molecule has 0 aliphatic carbocycles. The Labute approximate surface area is 117 Å². The van der Waals surface area contributed by atoms with E-state index in [-0.39, 0.29) is 6.04 Å². The summed E-state index contributed by atoms with van der Waals surface area (Å²) in [5.41, 5.74) is 1.18. The van der Waals surface area contributed by atoms with Crippen molar-refractivity contribution < 1.29 is 8.42 Å². The van der Waals surface area contributed by atoms with Gasteiger partial charge >= 0.3 is 0 Å². The monoisotopic (exact) mass is 283 g/mol. The second-order valence-corrected chi connectivity index (χ2v) is 6.90. The molecule has 0 spiro atoms. The van der Waals surface area contributed by atoms with Gasteiger partial charge in [0.2, 0.25) is 10.0 Å². The van der Waals surface area contributed by atoms with Gasteiger partial charge in [-0.3, -0.25) is 0 Å². The summed E-state index contributed by atoms with van der Waals surface area (Å²) >= 11 is 0. The van der Waals surface area contributed by atoms with Crippen LogP contribution in [0.15, 0.2) is 29.2 Å². The van der Waals surface area contributed by atoms with Crippen molar-refractivity contribution in [1.82, 2.24) is 4.72 Å². The maximum absolute atomic E-state index is 12.2. The van der Waals surface area contributed by atoms with Crippen LogP contribution in [0.1, 0.15) is 58.4 Å². The third-order valence-electron chi connectivity index (χ3n) is 3.45. The average molecular weight is 283 g/mol. The van der Waals surface area contributed by atoms with Crippen molar-refractivity contribution in [2.24, 2.45) is 0 Å². The first-order valence-corrected chi connectivity index (χ1v) is 8.51. The molecule has 2 unspecified atom stereocenters. The largest absolute Gasteiger partial charge is 0.240 e. The second-order valence-electron chi connectivity index (χ2n) is 5.19. The Morgan fingerprint density at radius 3 is 2.16 bits per heavy atom. The van der Waals surface area contributed by atoms with Crippen LogP contribution in [-0.4, -0.2) is 14.5 Å². The molecule has 1 rings (SSSR count). The van der Waals surface area contributed by atoms with E-state index >= 15 is 0 Å². The topological polar surface area (TPSA) is 46.2 Å². The van der Waals surface area contributed by atoms with Crippen LogP contribution >= 0.6 is 0 Å². The number of benzene rings is 1. The molecule has 0 heterocycles. The SMILES string of the molecule is CCCC(C)NS(=O)(=O)c1ccc(C(C)CC)cc1. The zero-order valence-electron chi connectivity index (χ0n) is 12.3. The van der Waals surface area contributed by atoms with Gasteiger partial charge in [0.15, 0.2) is 0 Å². The molecule has 2 atom stereocenters. The molecule has 0 amide bonds. The predicted octanol–water partition coefficient (Wildman–Crippen LogP) is 3.67. The van der Waals surface area contributed by atoms with E-state index in [0.717, 1.165) is 19.3 Å². The molecule has 19 heavy (non-hydrogen) atoms. The van der Waals surface area contributed by atoms with Gasteiger partial charge < -0.3 is 0 Å². The van der Waals surface area contributed by atoms with Crippen molar-refractivity contribution in [3.63, 3.8) is 0 Å². The van der Waals surface area contributed by atoms with E-state index in [1.807, 2.05) is 26.0 Å². The Morgan fingerprint density at radius 1 is 1.11 bits per heavy atom. The number of rotatable bonds is 7. The van der Waals surface area contributed by atoms with E-state index < -0.39 is 10.0 Å². The van der Waals surface area contributed by atoms with Gasteiger partial charge in [-0.25, -0.2) is 13.1 Å². The summed E-state index contributed by atoms with van der Waals surface area (Å²) in [4.78, 5) is 0.350. The highest BCUT2D eigenvalue weighted by molar-refractivity contribution is 7.89. The van der Waals surface area contributed by atoms with Crippen molar-refractivity contribution in [2.45, 2.75) is 63.8 Å². The zero-order chi connectivity index (χ0) is 14.5. The van der Waals surface area contributed by atoms with E-state index in [1.165, 1.54) is 5.56 Å². The smallest absolute Gasteiger partial charge is 0.208 e. The fraction of sp³-hybridized carbons (Fsp3) is 0.600. The molecule has 108 valence electrons. The molecular weight excluding hydrogens is 258 g/mol. The first-order chi connectivity index (χ1) is 8.90. The summed E-state index contributed by atoms with van der Waals surface area (Å²) in [5, 5.41) is 0. The molecule has 4 heteroatoms. The van der Waals surface area contributed by atoms with Crippen LogP contribution in [0.25, 0.3) is 0 Å². The first kappa shape index (κ1) is 16.2. The van der Waals surface area contributed by atoms with E-state index in [9.17, 15) is 8.42 Å². The Balaban J connectivity index is 2.85. The molecule has 0 saturated carbocycles. The van der Waals surface area contributed by atoms with Crippen LogP contribution in [0.3, 0.4) is 0 Å². The minimum absolute atomic E-state index is 0.0239. The molecule has 0 aliphatic rings. The van der Waals surface area contributed by atoms with Crippen molar-refractivity contribution in [1.29, 1.82) is 0 Å². The summed E-state index contributed by atoms with van der Waals surface area (Å²) in [6, 6.07) is 7.19. The van der Waals surface area contributed by atoms with Gasteiger partial charge in [0.1, 0.15) is 0 Å². The lowest BCUT2D eigenvalue weighted by Crippen LogP contribution is -2.32. The van der Waals surface area contributed by atoms with Crippen molar-refractivity contribution in [3.8, 4) is 0 Å². The summed E-state index contributed by atoms with van der Waals surface area (Å²) < 4.78 is 27.0. The Morgan fingerprint density at radius 2 is 1.68 bits per heavy atom. The Kier molecular flexibility index (Phi) is 6.01. The van der Waals surface area contributed by atoms with E-state index in [2.05, 4.69) is 18.6 Å². The van der Waals surface area contributed by atoms with Gasteiger partial charge in [0, 0.05) is 6.04 Å². The number of sulfonamides is 1. The highest BCUT2D eigenvalue weighted by Crippen LogP contribution is 2.20. The normalized spacial score (nSPS) is 15.2. The molecule has 3 nitrogen and oxygen atoms in total. The lowest BCUT2D eigenvalue weighted by atomic mass is 9.99. The number of hydrogen-bond acceptors (Lipinski definition) is 2. The van der Waals surface area contributed by atoms with Crippen LogP contribution in [-0.2, 0) is 10.0 Å². The van der Waals surface area contributed by atoms with Gasteiger partial charge in [-0.05, 0) is 43.4 Å². The molecule has 0 saturated heterocycles. The van der Waals surface area contributed by atoms with Gasteiger partial charge in [0.05, 0.1) is 4.90 Å². The van der Waals surface area contributed by atoms with Gasteiger partial charge in [-0.2, -0.15) is 0 Å². The summed E-state index contributed by atoms with van der Waals surface area (Å²) in [7, 11) is -3.38. The van der Waals surface area contributed by atoms with E-state index in [0.29, 0.717) is 10.8 Å². The van der Waals surface area contributed by atoms with Crippen LogP contribution in [0.5, 0.6) is 0 Å². The maximum Gasteiger partial charge on any atom is 0.240 e. The average Bonchev–Trinajstić information content (AvgIpc) is 2.37. The molecule has 0 aliphatic heterocycles. The molecule has 1 aromatic carbocycles. The fourth-order valence-electron chi connectivity index (χ4n) is 2.04. The quantitative estimate of drug-likeness (QED) is 0.830. The van der Waals surface area contributed by atoms with Gasteiger partial charge in [-0.1, -0.05) is 39.3 Å². The first-order valence-electron chi connectivity index (χ1n) is 7.03. The van der Waals surface area contributed by atoms with Crippen LogP contribution < -0.4 is 4.72 Å². The van der Waals surface area contributed by atoms with Gasteiger partial charge in [-0.15, -0.1) is 0 Å². The van der Waals surface area contributed by atoms with Crippen molar-refractivity contribution in [2.75, 3.05) is 0 Å². The number of hydrogen-bond donors (Lipinski definition) is 1. The molecular formula is C15H25NO2S. The highest BCUT2D eigenvalue weighted by Gasteiger charge is 2.17. The second kappa shape index (κ2) is 7.06. The highest BCUT2D eigenvalue weighted by atomic mass is 32.2. The van der Waals surface area contributed by atoms with Gasteiger partial charge in [0.25, 0.3) is 0 Å². The summed E-state index contributed by atoms with van der Waals surface area (Å²) in [5.74, 6) is 0.462. The van der Waals surface area contributed by atoms with Crippen LogP contribution in [0, 0.1) is 0 Å². The minimum Gasteiger partial charge on any atom is -0.208 e. The van der Waals surface area contributed by atoms with E-state index in [4.69, 9.17) is 0 Å².